The van der Waals surface area contributed by atoms with Gasteiger partial charge in [-0.3, -0.25) is 9.59 Å². The van der Waals surface area contributed by atoms with Crippen molar-refractivity contribution in [3.05, 3.63) is 34.9 Å². The van der Waals surface area contributed by atoms with Gasteiger partial charge in [-0.15, -0.1) is 0 Å². The first-order valence-electron chi connectivity index (χ1n) is 7.69. The van der Waals surface area contributed by atoms with Crippen LogP contribution in [0.15, 0.2) is 18.2 Å². The average Bonchev–Trinajstić information content (AvgIpc) is 3.28. The van der Waals surface area contributed by atoms with Crippen LogP contribution in [0, 0.1) is 0 Å². The zero-order valence-electron chi connectivity index (χ0n) is 12.2. The van der Waals surface area contributed by atoms with Crippen LogP contribution in [0.3, 0.4) is 0 Å². The Morgan fingerprint density at radius 1 is 1.29 bits per heavy atom. The van der Waals surface area contributed by atoms with Gasteiger partial charge in [-0.05, 0) is 54.7 Å². The molecule has 4 nitrogen and oxygen atoms in total. The van der Waals surface area contributed by atoms with E-state index in [0.29, 0.717) is 11.8 Å². The third-order valence-electron chi connectivity index (χ3n) is 5.14. The molecule has 4 aliphatic rings. The van der Waals surface area contributed by atoms with Crippen LogP contribution in [0.4, 0.5) is 0 Å². The van der Waals surface area contributed by atoms with Crippen molar-refractivity contribution in [3.8, 4) is 0 Å². The number of benzene rings is 1. The van der Waals surface area contributed by atoms with Crippen molar-refractivity contribution in [3.63, 3.8) is 0 Å². The lowest BCUT2D eigenvalue weighted by molar-refractivity contribution is -0.142. The molecule has 0 unspecified atom stereocenters. The Balaban J connectivity index is 1.68. The molecule has 110 valence electrons. The third-order valence-corrected chi connectivity index (χ3v) is 5.14. The van der Waals surface area contributed by atoms with Crippen molar-refractivity contribution < 1.29 is 14.3 Å². The van der Waals surface area contributed by atoms with E-state index in [4.69, 9.17) is 4.74 Å². The summed E-state index contributed by atoms with van der Waals surface area (Å²) in [5.74, 6) is 0.832. The molecular formula is C17H19NO3. The minimum absolute atomic E-state index is 0.0113. The minimum atomic E-state index is -0.343. The van der Waals surface area contributed by atoms with Crippen LogP contribution in [0.25, 0.3) is 0 Å². The molecule has 21 heavy (non-hydrogen) atoms. The maximum Gasteiger partial charge on any atom is 0.325 e. The quantitative estimate of drug-likeness (QED) is 0.801. The van der Waals surface area contributed by atoms with E-state index >= 15 is 0 Å². The number of esters is 1. The third kappa shape index (κ3) is 2.04. The van der Waals surface area contributed by atoms with E-state index in [1.54, 1.807) is 4.90 Å². The Bertz CT molecular complexity index is 614. The number of methoxy groups -OCH3 is 1. The van der Waals surface area contributed by atoms with Gasteiger partial charge in [0, 0.05) is 11.6 Å². The summed E-state index contributed by atoms with van der Waals surface area (Å²) >= 11 is 0. The molecule has 1 aromatic carbocycles. The Morgan fingerprint density at radius 2 is 2.05 bits per heavy atom. The smallest absolute Gasteiger partial charge is 0.325 e. The van der Waals surface area contributed by atoms with Crippen molar-refractivity contribution in [1.29, 1.82) is 0 Å². The van der Waals surface area contributed by atoms with Gasteiger partial charge in [0.15, 0.2) is 0 Å². The Hall–Kier alpha value is -1.84. The molecule has 0 N–H and O–H groups in total. The van der Waals surface area contributed by atoms with Crippen LogP contribution in [-0.4, -0.2) is 36.5 Å². The van der Waals surface area contributed by atoms with Crippen LogP contribution in [0.2, 0.25) is 0 Å². The highest BCUT2D eigenvalue weighted by Gasteiger charge is 2.43. The molecule has 1 aromatic rings. The maximum atomic E-state index is 12.7. The summed E-state index contributed by atoms with van der Waals surface area (Å²) in [6.07, 6.45) is 4.50. The van der Waals surface area contributed by atoms with Crippen molar-refractivity contribution in [1.82, 2.24) is 4.90 Å². The van der Waals surface area contributed by atoms with Crippen molar-refractivity contribution in [2.45, 2.75) is 43.6 Å². The van der Waals surface area contributed by atoms with E-state index in [9.17, 15) is 9.59 Å². The molecule has 2 aliphatic heterocycles. The van der Waals surface area contributed by atoms with Crippen molar-refractivity contribution in [2.75, 3.05) is 13.7 Å². The first-order valence-corrected chi connectivity index (χ1v) is 7.69. The fourth-order valence-electron chi connectivity index (χ4n) is 3.61. The van der Waals surface area contributed by atoms with Crippen LogP contribution in [0.1, 0.15) is 59.0 Å². The molecule has 2 heterocycles. The lowest BCUT2D eigenvalue weighted by Crippen LogP contribution is -2.46. The van der Waals surface area contributed by atoms with E-state index < -0.39 is 0 Å². The minimum Gasteiger partial charge on any atom is -0.468 e. The number of fused-ring (bicyclic) bond motifs is 1. The van der Waals surface area contributed by atoms with E-state index in [1.165, 1.54) is 31.1 Å². The standard InChI is InChI=1S/C17H19NO3/c1-21-16(19)9-18-13-6-12(7-13)15-8-11(10-2-3-10)4-5-14(15)17(18)20/h4-5,8,10,12-13H,2-3,6-7,9H2,1H3. The number of amides is 1. The molecule has 0 aromatic heterocycles. The molecule has 0 spiro atoms. The molecule has 5 rings (SSSR count). The van der Waals surface area contributed by atoms with Gasteiger partial charge in [-0.25, -0.2) is 0 Å². The van der Waals surface area contributed by atoms with Crippen LogP contribution < -0.4 is 0 Å². The highest BCUT2D eigenvalue weighted by atomic mass is 16.5. The predicted molar refractivity (Wildman–Crippen MR) is 77.2 cm³/mol. The van der Waals surface area contributed by atoms with E-state index in [2.05, 4.69) is 12.1 Å². The largest absolute Gasteiger partial charge is 0.468 e. The summed E-state index contributed by atoms with van der Waals surface area (Å²) in [7, 11) is 1.37. The summed E-state index contributed by atoms with van der Waals surface area (Å²) in [6.45, 7) is 0.0660. The lowest BCUT2D eigenvalue weighted by Gasteiger charge is -2.39. The molecule has 2 aliphatic carbocycles. The molecule has 0 radical (unpaired) electrons. The van der Waals surface area contributed by atoms with Crippen LogP contribution in [-0.2, 0) is 9.53 Å². The molecule has 1 amide bonds. The second kappa shape index (κ2) is 4.58. The number of nitrogens with zero attached hydrogens (tertiary/aromatic N) is 1. The van der Waals surface area contributed by atoms with Crippen molar-refractivity contribution in [2.24, 2.45) is 0 Å². The van der Waals surface area contributed by atoms with Gasteiger partial charge in [0.1, 0.15) is 6.54 Å². The second-order valence-corrected chi connectivity index (χ2v) is 6.45. The Kier molecular flexibility index (Phi) is 2.81. The highest BCUT2D eigenvalue weighted by Crippen LogP contribution is 2.47. The van der Waals surface area contributed by atoms with Gasteiger partial charge in [0.05, 0.1) is 7.11 Å². The SMILES string of the molecule is COC(=O)CN1C(=O)c2ccc(C3CC3)cc2C2CC1C2. The number of hydrogen-bond donors (Lipinski definition) is 0. The molecule has 2 saturated carbocycles. The zero-order valence-corrected chi connectivity index (χ0v) is 12.2. The van der Waals surface area contributed by atoms with Gasteiger partial charge >= 0.3 is 5.97 Å². The Labute approximate surface area is 124 Å². The zero-order chi connectivity index (χ0) is 14.6. The summed E-state index contributed by atoms with van der Waals surface area (Å²) in [5.41, 5.74) is 3.37. The number of ether oxygens (including phenoxy) is 1. The summed E-state index contributed by atoms with van der Waals surface area (Å²) in [6, 6.07) is 6.50. The van der Waals surface area contributed by atoms with Gasteiger partial charge < -0.3 is 9.64 Å². The molecule has 4 heteroatoms. The molecule has 0 atom stereocenters. The van der Waals surface area contributed by atoms with Gasteiger partial charge in [0.2, 0.25) is 0 Å². The lowest BCUT2D eigenvalue weighted by atomic mass is 9.75. The monoisotopic (exact) mass is 285 g/mol. The number of rotatable bonds is 3. The van der Waals surface area contributed by atoms with E-state index in [0.717, 1.165) is 18.4 Å². The Morgan fingerprint density at radius 3 is 2.71 bits per heavy atom. The maximum absolute atomic E-state index is 12.7. The fraction of sp³-hybridized carbons (Fsp3) is 0.529. The molecule has 0 saturated heterocycles. The van der Waals surface area contributed by atoms with Crippen LogP contribution >= 0.6 is 0 Å². The summed E-state index contributed by atoms with van der Waals surface area (Å²) in [5, 5.41) is 0. The molecular weight excluding hydrogens is 266 g/mol. The number of carbonyl (C=O) groups is 2. The van der Waals surface area contributed by atoms with Gasteiger partial charge in [-0.2, -0.15) is 0 Å². The van der Waals surface area contributed by atoms with E-state index in [-0.39, 0.29) is 24.5 Å². The average molecular weight is 285 g/mol. The first kappa shape index (κ1) is 12.9. The van der Waals surface area contributed by atoms with Gasteiger partial charge in [0.25, 0.3) is 5.91 Å². The normalized spacial score (nSPS) is 26.7. The first-order chi connectivity index (χ1) is 10.2. The van der Waals surface area contributed by atoms with E-state index in [1.807, 2.05) is 6.07 Å². The van der Waals surface area contributed by atoms with Crippen LogP contribution in [0.5, 0.6) is 0 Å². The highest BCUT2D eigenvalue weighted by molar-refractivity contribution is 5.98. The number of carbonyl (C=O) groups excluding carboxylic acids is 2. The van der Waals surface area contributed by atoms with Crippen molar-refractivity contribution >= 4 is 11.9 Å². The summed E-state index contributed by atoms with van der Waals surface area (Å²) < 4.78 is 4.72. The molecule has 2 fully saturated rings. The molecule has 2 bridgehead atoms. The summed E-state index contributed by atoms with van der Waals surface area (Å²) in [4.78, 5) is 26.0. The number of hydrogen-bond acceptors (Lipinski definition) is 3. The topological polar surface area (TPSA) is 46.6 Å². The predicted octanol–water partition coefficient (Wildman–Crippen LogP) is 2.44. The second-order valence-electron chi connectivity index (χ2n) is 6.45. The van der Waals surface area contributed by atoms with Gasteiger partial charge in [-0.1, -0.05) is 12.1 Å². The fourth-order valence-corrected chi connectivity index (χ4v) is 3.61.